The normalized spacial score (nSPS) is 19.3. The third-order valence-electron chi connectivity index (χ3n) is 2.91. The lowest BCUT2D eigenvalue weighted by Gasteiger charge is -2.15. The number of nitrogens with zero attached hydrogens (tertiary/aromatic N) is 1. The van der Waals surface area contributed by atoms with Crippen LogP contribution in [-0.2, 0) is 20.4 Å². The molecule has 0 spiro atoms. The molecule has 0 heterocycles. The van der Waals surface area contributed by atoms with E-state index in [0.717, 1.165) is 12.8 Å². The van der Waals surface area contributed by atoms with Crippen molar-refractivity contribution in [3.63, 3.8) is 0 Å². The van der Waals surface area contributed by atoms with Gasteiger partial charge in [-0.1, -0.05) is 0 Å². The van der Waals surface area contributed by atoms with Gasteiger partial charge in [0, 0.05) is 29.9 Å². The Kier molecular flexibility index (Phi) is 4.84. The highest BCUT2D eigenvalue weighted by molar-refractivity contribution is 7.85. The Bertz CT molecular complexity index is 412. The molecule has 0 aromatic carbocycles. The molecule has 1 unspecified atom stereocenters. The van der Waals surface area contributed by atoms with Gasteiger partial charge in [0.25, 0.3) is 0 Å². The van der Waals surface area contributed by atoms with Gasteiger partial charge in [0.1, 0.15) is 6.04 Å². The second-order valence-electron chi connectivity index (χ2n) is 4.68. The Morgan fingerprint density at radius 1 is 1.56 bits per heavy atom. The number of carbonyl (C=O) groups is 2. The minimum atomic E-state index is -1.34. The van der Waals surface area contributed by atoms with Gasteiger partial charge in [-0.2, -0.15) is 5.26 Å². The van der Waals surface area contributed by atoms with E-state index in [1.807, 2.05) is 0 Å². The largest absolute Gasteiger partial charge is 0.480 e. The zero-order chi connectivity index (χ0) is 13.8. The van der Waals surface area contributed by atoms with Crippen molar-refractivity contribution >= 4 is 22.7 Å². The van der Waals surface area contributed by atoms with Crippen molar-refractivity contribution in [1.29, 1.82) is 5.26 Å². The first-order valence-corrected chi connectivity index (χ1v) is 7.09. The number of rotatable bonds is 7. The zero-order valence-electron chi connectivity index (χ0n) is 10.1. The van der Waals surface area contributed by atoms with Gasteiger partial charge < -0.3 is 10.4 Å². The Balaban J connectivity index is 2.49. The second-order valence-corrected chi connectivity index (χ2v) is 6.18. The monoisotopic (exact) mass is 272 g/mol. The van der Waals surface area contributed by atoms with Crippen LogP contribution in [0.1, 0.15) is 26.2 Å². The van der Waals surface area contributed by atoms with E-state index in [4.69, 9.17) is 10.4 Å². The summed E-state index contributed by atoms with van der Waals surface area (Å²) in [6.07, 6.45) is 2.09. The van der Waals surface area contributed by atoms with Gasteiger partial charge in [0.05, 0.1) is 11.8 Å². The van der Waals surface area contributed by atoms with Gasteiger partial charge in [-0.3, -0.25) is 9.00 Å². The van der Waals surface area contributed by atoms with Crippen LogP contribution in [0.5, 0.6) is 0 Å². The van der Waals surface area contributed by atoms with Crippen molar-refractivity contribution in [3.8, 4) is 6.07 Å². The molecule has 6 nitrogen and oxygen atoms in total. The summed E-state index contributed by atoms with van der Waals surface area (Å²) in [6, 6.07) is 0.940. The average molecular weight is 272 g/mol. The number of amides is 1. The summed E-state index contributed by atoms with van der Waals surface area (Å²) in [5.74, 6) is -1.42. The van der Waals surface area contributed by atoms with Gasteiger partial charge >= 0.3 is 5.97 Å². The first kappa shape index (κ1) is 14.6. The first-order valence-electron chi connectivity index (χ1n) is 5.60. The number of hydrogen-bond acceptors (Lipinski definition) is 4. The third-order valence-corrected chi connectivity index (χ3v) is 4.55. The molecule has 7 heteroatoms. The Hall–Kier alpha value is -1.42. The van der Waals surface area contributed by atoms with E-state index in [9.17, 15) is 13.8 Å². The van der Waals surface area contributed by atoms with Gasteiger partial charge in [-0.05, 0) is 18.3 Å². The maximum absolute atomic E-state index is 11.9. The van der Waals surface area contributed by atoms with Crippen molar-refractivity contribution < 1.29 is 18.9 Å². The molecule has 2 N–H and O–H groups in total. The summed E-state index contributed by atoms with van der Waals surface area (Å²) in [5.41, 5.74) is -0.182. The SMILES string of the molecule is CC(=O)N[C@@H](CS(=O)CC1(CC#N)CC1)C(=O)O. The van der Waals surface area contributed by atoms with Crippen LogP contribution in [0.3, 0.4) is 0 Å². The number of nitriles is 1. The van der Waals surface area contributed by atoms with E-state index in [-0.39, 0.29) is 11.2 Å². The highest BCUT2D eigenvalue weighted by atomic mass is 32.2. The molecule has 0 saturated heterocycles. The topological polar surface area (TPSA) is 107 Å². The van der Waals surface area contributed by atoms with E-state index < -0.39 is 28.7 Å². The molecular formula is C11H16N2O4S. The summed E-state index contributed by atoms with van der Waals surface area (Å²) in [6.45, 7) is 1.22. The number of hydrogen-bond donors (Lipinski definition) is 2. The van der Waals surface area contributed by atoms with Crippen LogP contribution in [0.25, 0.3) is 0 Å². The summed E-state index contributed by atoms with van der Waals surface area (Å²) in [7, 11) is -1.34. The smallest absolute Gasteiger partial charge is 0.327 e. The number of nitrogens with one attached hydrogen (secondary N) is 1. The first-order chi connectivity index (χ1) is 8.38. The molecule has 0 radical (unpaired) electrons. The van der Waals surface area contributed by atoms with Gasteiger partial charge in [-0.25, -0.2) is 4.79 Å². The van der Waals surface area contributed by atoms with Crippen molar-refractivity contribution in [1.82, 2.24) is 5.32 Å². The van der Waals surface area contributed by atoms with Crippen molar-refractivity contribution in [2.24, 2.45) is 5.41 Å². The predicted molar refractivity (Wildman–Crippen MR) is 65.0 cm³/mol. The minimum absolute atomic E-state index is 0.109. The quantitative estimate of drug-likeness (QED) is 0.679. The minimum Gasteiger partial charge on any atom is -0.480 e. The summed E-state index contributed by atoms with van der Waals surface area (Å²) >= 11 is 0. The predicted octanol–water partition coefficient (Wildman–Crippen LogP) is 0.0183. The lowest BCUT2D eigenvalue weighted by molar-refractivity contribution is -0.140. The number of carboxylic acid groups (broad SMARTS) is 1. The Morgan fingerprint density at radius 2 is 2.17 bits per heavy atom. The van der Waals surface area contributed by atoms with E-state index in [2.05, 4.69) is 11.4 Å². The van der Waals surface area contributed by atoms with Gasteiger partial charge in [-0.15, -0.1) is 0 Å². The molecule has 1 saturated carbocycles. The molecule has 0 aromatic rings. The molecule has 1 aliphatic rings. The third kappa shape index (κ3) is 4.45. The molecule has 1 aliphatic carbocycles. The molecule has 18 heavy (non-hydrogen) atoms. The van der Waals surface area contributed by atoms with Crippen LogP contribution in [-0.4, -0.2) is 38.7 Å². The van der Waals surface area contributed by atoms with Crippen molar-refractivity contribution in [3.05, 3.63) is 0 Å². The summed E-state index contributed by atoms with van der Waals surface area (Å²) in [4.78, 5) is 21.7. The molecule has 1 rings (SSSR count). The van der Waals surface area contributed by atoms with Crippen LogP contribution in [0.4, 0.5) is 0 Å². The van der Waals surface area contributed by atoms with Crippen LogP contribution in [0.2, 0.25) is 0 Å². The Labute approximate surface area is 108 Å². The van der Waals surface area contributed by atoms with Crippen molar-refractivity contribution in [2.45, 2.75) is 32.2 Å². The lowest BCUT2D eigenvalue weighted by atomic mass is 10.1. The highest BCUT2D eigenvalue weighted by Crippen LogP contribution is 2.49. The van der Waals surface area contributed by atoms with Crippen molar-refractivity contribution in [2.75, 3.05) is 11.5 Å². The molecule has 0 aliphatic heterocycles. The van der Waals surface area contributed by atoms with Crippen LogP contribution < -0.4 is 5.32 Å². The summed E-state index contributed by atoms with van der Waals surface area (Å²) < 4.78 is 11.9. The molecule has 1 fully saturated rings. The van der Waals surface area contributed by atoms with Crippen LogP contribution in [0, 0.1) is 16.7 Å². The molecule has 100 valence electrons. The van der Waals surface area contributed by atoms with Crippen LogP contribution >= 0.6 is 0 Å². The standard InChI is InChI=1S/C11H16N2O4S/c1-8(14)13-9(10(15)16)6-18(17)7-11(2-3-11)4-5-12/h9H,2-4,6-7H2,1H3,(H,13,14)(H,15,16)/t9-,18?/m0/s1. The van der Waals surface area contributed by atoms with E-state index in [0.29, 0.717) is 12.2 Å². The number of carboxylic acids is 1. The lowest BCUT2D eigenvalue weighted by Crippen LogP contribution is -2.44. The van der Waals surface area contributed by atoms with E-state index >= 15 is 0 Å². The zero-order valence-corrected chi connectivity index (χ0v) is 11.0. The molecule has 1 amide bonds. The molecular weight excluding hydrogens is 256 g/mol. The maximum atomic E-state index is 11.9. The van der Waals surface area contributed by atoms with Crippen LogP contribution in [0.15, 0.2) is 0 Å². The second kappa shape index (κ2) is 5.96. The maximum Gasteiger partial charge on any atom is 0.327 e. The fourth-order valence-corrected chi connectivity index (χ4v) is 3.51. The molecule has 0 aromatic heterocycles. The highest BCUT2D eigenvalue weighted by Gasteiger charge is 2.44. The van der Waals surface area contributed by atoms with E-state index in [1.54, 1.807) is 0 Å². The van der Waals surface area contributed by atoms with E-state index in [1.165, 1.54) is 6.92 Å². The number of aliphatic carboxylic acids is 1. The van der Waals surface area contributed by atoms with Gasteiger partial charge in [0.15, 0.2) is 0 Å². The fourth-order valence-electron chi connectivity index (χ4n) is 1.72. The summed E-state index contributed by atoms with van der Waals surface area (Å²) in [5, 5.41) is 19.8. The van der Waals surface area contributed by atoms with Gasteiger partial charge in [0.2, 0.25) is 5.91 Å². The Morgan fingerprint density at radius 3 is 2.56 bits per heavy atom. The molecule has 2 atom stereocenters. The average Bonchev–Trinajstić information content (AvgIpc) is 2.96. The number of carbonyl (C=O) groups excluding carboxylic acids is 1. The molecule has 0 bridgehead atoms. The fraction of sp³-hybridized carbons (Fsp3) is 0.727.